The van der Waals surface area contributed by atoms with Gasteiger partial charge in [-0.1, -0.05) is 50.1 Å². The Morgan fingerprint density at radius 1 is 1.16 bits per heavy atom. The van der Waals surface area contributed by atoms with Gasteiger partial charge in [0.2, 0.25) is 0 Å². The number of halogens is 3. The smallest absolute Gasteiger partial charge is 0.146 e. The van der Waals surface area contributed by atoms with Crippen molar-refractivity contribution in [1.82, 2.24) is 0 Å². The van der Waals surface area contributed by atoms with Gasteiger partial charge < -0.3 is 5.32 Å². The van der Waals surface area contributed by atoms with Crippen molar-refractivity contribution in [2.75, 3.05) is 5.32 Å². The molecule has 0 bridgehead atoms. The van der Waals surface area contributed by atoms with Gasteiger partial charge >= 0.3 is 0 Å². The van der Waals surface area contributed by atoms with Crippen molar-refractivity contribution in [3.8, 4) is 0 Å². The normalized spacial score (nSPS) is 12.3. The lowest BCUT2D eigenvalue weighted by Gasteiger charge is -2.19. The maximum atomic E-state index is 13.8. The van der Waals surface area contributed by atoms with Crippen molar-refractivity contribution >= 4 is 37.5 Å². The number of rotatable bonds is 3. The van der Waals surface area contributed by atoms with E-state index < -0.39 is 0 Å². The van der Waals surface area contributed by atoms with E-state index in [2.05, 4.69) is 37.2 Å². The van der Waals surface area contributed by atoms with E-state index in [1.165, 1.54) is 6.07 Å². The highest BCUT2D eigenvalue weighted by atomic mass is 79.9. The quantitative estimate of drug-likeness (QED) is 0.699. The van der Waals surface area contributed by atoms with Gasteiger partial charge in [-0.05, 0) is 43.2 Å². The third-order valence-electron chi connectivity index (χ3n) is 3.01. The van der Waals surface area contributed by atoms with Gasteiger partial charge in [0.15, 0.2) is 0 Å². The van der Waals surface area contributed by atoms with E-state index in [0.29, 0.717) is 5.69 Å². The fourth-order valence-corrected chi connectivity index (χ4v) is 3.35. The van der Waals surface area contributed by atoms with Crippen LogP contribution in [0.3, 0.4) is 0 Å². The third-order valence-corrected chi connectivity index (χ3v) is 4.19. The SMILES string of the molecule is Cc1cccc(F)c1NC(C)c1ccc(Br)cc1Br. The second-order valence-corrected chi connectivity index (χ2v) is 6.23. The molecular formula is C15H14Br2FN. The molecule has 2 aromatic carbocycles. The molecule has 1 N–H and O–H groups in total. The van der Waals surface area contributed by atoms with Crippen LogP contribution in [0.4, 0.5) is 10.1 Å². The van der Waals surface area contributed by atoms with Gasteiger partial charge in [0, 0.05) is 15.0 Å². The van der Waals surface area contributed by atoms with Crippen molar-refractivity contribution in [2.45, 2.75) is 19.9 Å². The van der Waals surface area contributed by atoms with Gasteiger partial charge in [0.05, 0.1) is 5.69 Å². The standard InChI is InChI=1S/C15H14Br2FN/c1-9-4-3-5-14(18)15(9)19-10(2)12-7-6-11(16)8-13(12)17/h3-8,10,19H,1-2H3. The molecule has 19 heavy (non-hydrogen) atoms. The molecule has 0 radical (unpaired) electrons. The predicted octanol–water partition coefficient (Wildman–Crippen LogP) is 5.83. The minimum Gasteiger partial charge on any atom is -0.376 e. The molecule has 2 aromatic rings. The minimum atomic E-state index is -0.222. The molecule has 0 saturated heterocycles. The van der Waals surface area contributed by atoms with Crippen LogP contribution < -0.4 is 5.32 Å². The first kappa shape index (κ1) is 14.5. The van der Waals surface area contributed by atoms with Crippen molar-refractivity contribution in [3.05, 3.63) is 62.3 Å². The van der Waals surface area contributed by atoms with E-state index in [-0.39, 0.29) is 11.9 Å². The molecule has 0 aliphatic heterocycles. The van der Waals surface area contributed by atoms with Gasteiger partial charge in [0.25, 0.3) is 0 Å². The van der Waals surface area contributed by atoms with Gasteiger partial charge in [-0.15, -0.1) is 0 Å². The van der Waals surface area contributed by atoms with Crippen molar-refractivity contribution in [1.29, 1.82) is 0 Å². The summed E-state index contributed by atoms with van der Waals surface area (Å²) in [5, 5.41) is 3.23. The molecule has 0 aromatic heterocycles. The first-order valence-corrected chi connectivity index (χ1v) is 7.54. The largest absolute Gasteiger partial charge is 0.376 e. The topological polar surface area (TPSA) is 12.0 Å². The van der Waals surface area contributed by atoms with E-state index in [0.717, 1.165) is 20.1 Å². The van der Waals surface area contributed by atoms with Gasteiger partial charge in [-0.25, -0.2) is 4.39 Å². The Balaban J connectivity index is 2.28. The molecular weight excluding hydrogens is 373 g/mol. The molecule has 0 spiro atoms. The number of hydrogen-bond donors (Lipinski definition) is 1. The molecule has 0 fully saturated rings. The first-order valence-electron chi connectivity index (χ1n) is 5.95. The summed E-state index contributed by atoms with van der Waals surface area (Å²) in [6.45, 7) is 3.91. The van der Waals surface area contributed by atoms with Gasteiger partial charge in [0.1, 0.15) is 5.82 Å². The number of nitrogens with one attached hydrogen (secondary N) is 1. The summed E-state index contributed by atoms with van der Waals surface area (Å²) in [4.78, 5) is 0. The zero-order valence-electron chi connectivity index (χ0n) is 10.7. The maximum Gasteiger partial charge on any atom is 0.146 e. The number of para-hydroxylation sites is 1. The van der Waals surface area contributed by atoms with Crippen LogP contribution in [-0.2, 0) is 0 Å². The Morgan fingerprint density at radius 3 is 2.53 bits per heavy atom. The second kappa shape index (κ2) is 6.06. The van der Waals surface area contributed by atoms with Crippen molar-refractivity contribution < 1.29 is 4.39 Å². The van der Waals surface area contributed by atoms with E-state index in [1.54, 1.807) is 6.07 Å². The van der Waals surface area contributed by atoms with Crippen molar-refractivity contribution in [3.63, 3.8) is 0 Å². The Bertz CT molecular complexity index is 578. The molecule has 1 unspecified atom stereocenters. The predicted molar refractivity (Wildman–Crippen MR) is 85.0 cm³/mol. The van der Waals surface area contributed by atoms with Crippen LogP contribution in [0.2, 0.25) is 0 Å². The summed E-state index contributed by atoms with van der Waals surface area (Å²) < 4.78 is 15.8. The zero-order chi connectivity index (χ0) is 14.0. The van der Waals surface area contributed by atoms with Crippen LogP contribution >= 0.6 is 31.9 Å². The lowest BCUT2D eigenvalue weighted by molar-refractivity contribution is 0.626. The average molecular weight is 387 g/mol. The molecule has 2 rings (SSSR count). The highest BCUT2D eigenvalue weighted by Crippen LogP contribution is 2.30. The molecule has 100 valence electrons. The fourth-order valence-electron chi connectivity index (χ4n) is 1.96. The van der Waals surface area contributed by atoms with Crippen LogP contribution in [0.25, 0.3) is 0 Å². The van der Waals surface area contributed by atoms with Gasteiger partial charge in [-0.3, -0.25) is 0 Å². The fraction of sp³-hybridized carbons (Fsp3) is 0.200. The average Bonchev–Trinajstić information content (AvgIpc) is 2.33. The molecule has 0 amide bonds. The lowest BCUT2D eigenvalue weighted by atomic mass is 10.1. The Hall–Kier alpha value is -0.870. The molecule has 1 nitrogen and oxygen atoms in total. The summed E-state index contributed by atoms with van der Waals surface area (Å²) in [5.74, 6) is -0.222. The molecule has 0 aliphatic rings. The molecule has 1 atom stereocenters. The maximum absolute atomic E-state index is 13.8. The molecule has 0 aliphatic carbocycles. The lowest BCUT2D eigenvalue weighted by Crippen LogP contribution is -2.09. The zero-order valence-corrected chi connectivity index (χ0v) is 13.8. The van der Waals surface area contributed by atoms with Gasteiger partial charge in [-0.2, -0.15) is 0 Å². The van der Waals surface area contributed by atoms with Crippen LogP contribution in [-0.4, -0.2) is 0 Å². The summed E-state index contributed by atoms with van der Waals surface area (Å²) in [6.07, 6.45) is 0. The van der Waals surface area contributed by atoms with Crippen LogP contribution in [0, 0.1) is 12.7 Å². The first-order chi connectivity index (χ1) is 8.99. The molecule has 0 saturated carbocycles. The van der Waals surface area contributed by atoms with Crippen LogP contribution in [0.15, 0.2) is 45.3 Å². The van der Waals surface area contributed by atoms with Crippen LogP contribution in [0.1, 0.15) is 24.1 Å². The molecule has 0 heterocycles. The Morgan fingerprint density at radius 2 is 1.89 bits per heavy atom. The van der Waals surface area contributed by atoms with E-state index in [4.69, 9.17) is 0 Å². The summed E-state index contributed by atoms with van der Waals surface area (Å²) in [6, 6.07) is 11.1. The van der Waals surface area contributed by atoms with Crippen molar-refractivity contribution in [2.24, 2.45) is 0 Å². The Labute approximate surface area is 129 Å². The number of hydrogen-bond acceptors (Lipinski definition) is 1. The number of benzene rings is 2. The van der Waals surface area contributed by atoms with E-state index in [1.807, 2.05) is 38.1 Å². The minimum absolute atomic E-state index is 0.0121. The summed E-state index contributed by atoms with van der Waals surface area (Å²) in [7, 11) is 0. The highest BCUT2D eigenvalue weighted by molar-refractivity contribution is 9.11. The number of aryl methyl sites for hydroxylation is 1. The highest BCUT2D eigenvalue weighted by Gasteiger charge is 2.13. The molecule has 4 heteroatoms. The second-order valence-electron chi connectivity index (χ2n) is 4.46. The monoisotopic (exact) mass is 385 g/mol. The number of anilines is 1. The Kier molecular flexibility index (Phi) is 4.63. The van der Waals surface area contributed by atoms with Crippen LogP contribution in [0.5, 0.6) is 0 Å². The van der Waals surface area contributed by atoms with E-state index in [9.17, 15) is 4.39 Å². The third kappa shape index (κ3) is 3.37. The summed E-state index contributed by atoms with van der Waals surface area (Å²) >= 11 is 6.96. The van der Waals surface area contributed by atoms with E-state index >= 15 is 0 Å². The summed E-state index contributed by atoms with van der Waals surface area (Å²) in [5.41, 5.74) is 2.55.